The Kier molecular flexibility index (Phi) is 7.66. The van der Waals surface area contributed by atoms with Crippen LogP contribution in [0.1, 0.15) is 32.1 Å². The molecule has 0 unspecified atom stereocenters. The van der Waals surface area contributed by atoms with Gasteiger partial charge in [0.15, 0.2) is 13.2 Å². The van der Waals surface area contributed by atoms with Gasteiger partial charge in [-0.2, -0.15) is 0 Å². The zero-order valence-corrected chi connectivity index (χ0v) is 20.9. The van der Waals surface area contributed by atoms with Gasteiger partial charge in [0, 0.05) is 17.7 Å². The smallest absolute Gasteiger partial charge is 0.258 e. The van der Waals surface area contributed by atoms with Crippen molar-refractivity contribution in [3.8, 4) is 11.5 Å². The first-order valence-corrected chi connectivity index (χ1v) is 12.2. The highest BCUT2D eigenvalue weighted by atomic mass is 35.5. The van der Waals surface area contributed by atoms with E-state index in [0.29, 0.717) is 47.9 Å². The number of rotatable bonds is 8. The van der Waals surface area contributed by atoms with Gasteiger partial charge < -0.3 is 25.2 Å². The maximum absolute atomic E-state index is 13.5. The van der Waals surface area contributed by atoms with Gasteiger partial charge in [0.1, 0.15) is 17.3 Å². The summed E-state index contributed by atoms with van der Waals surface area (Å²) in [6, 6.07) is 8.65. The SMILES string of the molecule is O=C(COc1ccc(Cl)c(F)c1)NC12CCC(NC(=O)COc3ccc(Cl)c(Cl)c3)(CC1)[C@@H](O)C2. The molecule has 35 heavy (non-hydrogen) atoms. The molecular formula is C24H24Cl3FN2O5. The van der Waals surface area contributed by atoms with Crippen LogP contribution in [0.5, 0.6) is 11.5 Å². The van der Waals surface area contributed by atoms with Crippen molar-refractivity contribution < 1.29 is 28.6 Å². The lowest BCUT2D eigenvalue weighted by Gasteiger charge is -2.56. The van der Waals surface area contributed by atoms with Crippen molar-refractivity contribution >= 4 is 46.6 Å². The summed E-state index contributed by atoms with van der Waals surface area (Å²) >= 11 is 17.5. The van der Waals surface area contributed by atoms with Crippen molar-refractivity contribution in [2.24, 2.45) is 0 Å². The van der Waals surface area contributed by atoms with Crippen LogP contribution in [0.15, 0.2) is 36.4 Å². The number of nitrogens with one attached hydrogen (secondary N) is 2. The third-order valence-corrected chi connectivity index (χ3v) is 7.68. The van der Waals surface area contributed by atoms with Gasteiger partial charge in [-0.05, 0) is 56.4 Å². The molecule has 2 amide bonds. The topological polar surface area (TPSA) is 96.9 Å². The molecule has 0 radical (unpaired) electrons. The van der Waals surface area contributed by atoms with Crippen LogP contribution in [-0.2, 0) is 9.59 Å². The number of carbonyl (C=O) groups excluding carboxylic acids is 2. The average Bonchev–Trinajstić information content (AvgIpc) is 2.82. The Morgan fingerprint density at radius 1 is 0.886 bits per heavy atom. The third-order valence-electron chi connectivity index (χ3n) is 6.64. The predicted octanol–water partition coefficient (Wildman–Crippen LogP) is 4.29. The monoisotopic (exact) mass is 544 g/mol. The Morgan fingerprint density at radius 2 is 1.46 bits per heavy atom. The minimum atomic E-state index is -0.842. The van der Waals surface area contributed by atoms with Crippen molar-refractivity contribution in [3.05, 3.63) is 57.3 Å². The maximum Gasteiger partial charge on any atom is 0.258 e. The van der Waals surface area contributed by atoms with Crippen LogP contribution in [0.2, 0.25) is 15.1 Å². The molecule has 0 aliphatic heterocycles. The van der Waals surface area contributed by atoms with Gasteiger partial charge in [-0.3, -0.25) is 9.59 Å². The summed E-state index contributed by atoms with van der Waals surface area (Å²) < 4.78 is 24.4. The van der Waals surface area contributed by atoms with Crippen LogP contribution in [-0.4, -0.2) is 47.3 Å². The van der Waals surface area contributed by atoms with E-state index in [2.05, 4.69) is 10.6 Å². The summed E-state index contributed by atoms with van der Waals surface area (Å²) in [5, 5.41) is 17.4. The Bertz CT molecular complexity index is 1120. The first kappa shape index (κ1) is 25.8. The van der Waals surface area contributed by atoms with E-state index in [9.17, 15) is 19.1 Å². The largest absolute Gasteiger partial charge is 0.484 e. The van der Waals surface area contributed by atoms with Crippen LogP contribution in [0.3, 0.4) is 0 Å². The number of carbonyl (C=O) groups is 2. The number of fused-ring (bicyclic) bond motifs is 3. The van der Waals surface area contributed by atoms with Crippen LogP contribution in [0.25, 0.3) is 0 Å². The van der Waals surface area contributed by atoms with E-state index in [1.54, 1.807) is 12.1 Å². The van der Waals surface area contributed by atoms with Gasteiger partial charge in [0.25, 0.3) is 11.8 Å². The molecule has 7 nitrogen and oxygen atoms in total. The fraction of sp³-hybridized carbons (Fsp3) is 0.417. The molecule has 0 spiro atoms. The minimum Gasteiger partial charge on any atom is -0.484 e. The Hall–Kier alpha value is -2.26. The van der Waals surface area contributed by atoms with E-state index in [4.69, 9.17) is 44.3 Å². The summed E-state index contributed by atoms with van der Waals surface area (Å²) in [4.78, 5) is 25.1. The van der Waals surface area contributed by atoms with E-state index in [1.807, 2.05) is 0 Å². The highest BCUT2D eigenvalue weighted by Gasteiger charge is 2.55. The molecule has 3 fully saturated rings. The second-order valence-corrected chi connectivity index (χ2v) is 10.2. The van der Waals surface area contributed by atoms with Gasteiger partial charge in [0.2, 0.25) is 0 Å². The van der Waals surface area contributed by atoms with E-state index >= 15 is 0 Å². The van der Waals surface area contributed by atoms with Crippen molar-refractivity contribution in [3.63, 3.8) is 0 Å². The lowest BCUT2D eigenvalue weighted by atomic mass is 9.60. The van der Waals surface area contributed by atoms with Gasteiger partial charge in [-0.25, -0.2) is 4.39 Å². The lowest BCUT2D eigenvalue weighted by molar-refractivity contribution is -0.137. The molecule has 0 saturated heterocycles. The van der Waals surface area contributed by atoms with Gasteiger partial charge in [-0.15, -0.1) is 0 Å². The van der Waals surface area contributed by atoms with Crippen molar-refractivity contribution in [2.45, 2.75) is 49.3 Å². The van der Waals surface area contributed by atoms with Crippen molar-refractivity contribution in [1.82, 2.24) is 10.6 Å². The summed E-state index contributed by atoms with van der Waals surface area (Å²) in [5.74, 6) is -0.772. The highest BCUT2D eigenvalue weighted by molar-refractivity contribution is 6.42. The summed E-state index contributed by atoms with van der Waals surface area (Å²) in [5.41, 5.74) is -1.37. The number of hydrogen-bond acceptors (Lipinski definition) is 5. The third kappa shape index (κ3) is 5.94. The standard InChI is InChI=1S/C24H24Cl3FN2O5/c25-16-3-1-14(9-18(16)27)34-13-22(33)30-24-7-5-23(6-8-24,11-20(24)31)29-21(32)12-35-15-2-4-17(26)19(28)10-15/h1-4,9-10,20,31H,5-8,11-13H2,(H,29,32)(H,30,33)/t20-,23?,24?/m0/s1. The van der Waals surface area contributed by atoms with Crippen LogP contribution in [0.4, 0.5) is 4.39 Å². The molecule has 11 heteroatoms. The average molecular weight is 546 g/mol. The zero-order chi connectivity index (χ0) is 25.2. The zero-order valence-electron chi connectivity index (χ0n) is 18.6. The molecule has 2 bridgehead atoms. The molecule has 0 aromatic heterocycles. The molecule has 3 saturated carbocycles. The molecule has 0 heterocycles. The lowest BCUT2D eigenvalue weighted by Crippen LogP contribution is -2.70. The second-order valence-electron chi connectivity index (χ2n) is 8.98. The van der Waals surface area contributed by atoms with Gasteiger partial charge in [0.05, 0.1) is 26.7 Å². The summed E-state index contributed by atoms with van der Waals surface area (Å²) in [6.45, 7) is -0.538. The predicted molar refractivity (Wildman–Crippen MR) is 130 cm³/mol. The number of aliphatic hydroxyl groups is 1. The van der Waals surface area contributed by atoms with Crippen molar-refractivity contribution in [2.75, 3.05) is 13.2 Å². The number of benzene rings is 2. The number of hydrogen-bond donors (Lipinski definition) is 3. The molecule has 188 valence electrons. The molecule has 5 rings (SSSR count). The molecule has 1 atom stereocenters. The summed E-state index contributed by atoms with van der Waals surface area (Å²) in [7, 11) is 0. The van der Waals surface area contributed by atoms with E-state index in [0.717, 1.165) is 6.07 Å². The normalized spacial score (nSPS) is 25.1. The van der Waals surface area contributed by atoms with Crippen LogP contribution >= 0.6 is 34.8 Å². The molecule has 2 aromatic carbocycles. The number of halogens is 4. The highest BCUT2D eigenvalue weighted by Crippen LogP contribution is 2.47. The fourth-order valence-electron chi connectivity index (χ4n) is 4.74. The first-order valence-electron chi connectivity index (χ1n) is 11.1. The molecule has 3 N–H and O–H groups in total. The number of ether oxygens (including phenoxy) is 2. The van der Waals surface area contributed by atoms with Gasteiger partial charge >= 0.3 is 0 Å². The van der Waals surface area contributed by atoms with E-state index in [1.165, 1.54) is 18.2 Å². The Balaban J connectivity index is 1.28. The fourth-order valence-corrected chi connectivity index (χ4v) is 5.14. The minimum absolute atomic E-state index is 0.0318. The van der Waals surface area contributed by atoms with Crippen LogP contribution < -0.4 is 20.1 Å². The van der Waals surface area contributed by atoms with E-state index < -0.39 is 23.0 Å². The van der Waals surface area contributed by atoms with Crippen LogP contribution in [0, 0.1) is 5.82 Å². The molecule has 3 aliphatic rings. The Morgan fingerprint density at radius 3 is 2.03 bits per heavy atom. The molecule has 2 aromatic rings. The quantitative estimate of drug-likeness (QED) is 0.460. The Labute approximate surface area is 216 Å². The maximum atomic E-state index is 13.5. The van der Waals surface area contributed by atoms with Gasteiger partial charge in [-0.1, -0.05) is 34.8 Å². The van der Waals surface area contributed by atoms with Crippen molar-refractivity contribution in [1.29, 1.82) is 0 Å². The molecular weight excluding hydrogens is 522 g/mol. The summed E-state index contributed by atoms with van der Waals surface area (Å²) in [6.07, 6.45) is 1.61. The molecule has 3 aliphatic carbocycles. The number of amides is 2. The second kappa shape index (κ2) is 10.4. The first-order chi connectivity index (χ1) is 16.6. The van der Waals surface area contributed by atoms with E-state index in [-0.39, 0.29) is 35.8 Å². The number of aliphatic hydroxyl groups excluding tert-OH is 1.